The monoisotopic (exact) mass is 229 g/mol. The summed E-state index contributed by atoms with van der Waals surface area (Å²) in [5.74, 6) is -0.674. The summed E-state index contributed by atoms with van der Waals surface area (Å²) in [6.45, 7) is 3.65. The van der Waals surface area contributed by atoms with Crippen LogP contribution in [-0.2, 0) is 14.3 Å². The van der Waals surface area contributed by atoms with Crippen molar-refractivity contribution in [2.75, 3.05) is 19.7 Å². The fraction of sp³-hybridized carbons (Fsp3) is 0.818. The van der Waals surface area contributed by atoms with Crippen LogP contribution < -0.4 is 0 Å². The average Bonchev–Trinajstić information content (AvgIpc) is 2.27. The Morgan fingerprint density at radius 1 is 1.44 bits per heavy atom. The minimum absolute atomic E-state index is 0.0977. The van der Waals surface area contributed by atoms with Gasteiger partial charge in [-0.25, -0.2) is 0 Å². The van der Waals surface area contributed by atoms with E-state index in [0.717, 1.165) is 6.42 Å². The van der Waals surface area contributed by atoms with Crippen LogP contribution in [0, 0.1) is 0 Å². The first kappa shape index (κ1) is 13.0. The normalized spacial score (nSPS) is 20.8. The number of hydrogen-bond acceptors (Lipinski definition) is 3. The van der Waals surface area contributed by atoms with Gasteiger partial charge in [0.2, 0.25) is 5.91 Å². The molecule has 5 heteroatoms. The fourth-order valence-electron chi connectivity index (χ4n) is 1.78. The first-order valence-corrected chi connectivity index (χ1v) is 5.74. The van der Waals surface area contributed by atoms with Crippen LogP contribution in [0.25, 0.3) is 0 Å². The Kier molecular flexibility index (Phi) is 5.25. The van der Waals surface area contributed by atoms with Gasteiger partial charge in [-0.15, -0.1) is 0 Å². The van der Waals surface area contributed by atoms with E-state index < -0.39 is 5.97 Å². The van der Waals surface area contributed by atoms with Gasteiger partial charge in [0.15, 0.2) is 0 Å². The van der Waals surface area contributed by atoms with Crippen LogP contribution in [0.3, 0.4) is 0 Å². The van der Waals surface area contributed by atoms with Gasteiger partial charge >= 0.3 is 5.97 Å². The van der Waals surface area contributed by atoms with Crippen LogP contribution in [-0.4, -0.2) is 47.7 Å². The molecule has 1 heterocycles. The molecule has 0 aromatic carbocycles. The molecule has 92 valence electrons. The molecular formula is C11H19NO4. The molecule has 1 aliphatic heterocycles. The predicted octanol–water partition coefficient (Wildman–Crippen LogP) is 0.879. The van der Waals surface area contributed by atoms with Crippen molar-refractivity contribution in [3.05, 3.63) is 0 Å². The molecule has 0 radical (unpaired) electrons. The lowest BCUT2D eigenvalue weighted by Gasteiger charge is -2.32. The number of morpholine rings is 1. The van der Waals surface area contributed by atoms with Gasteiger partial charge in [-0.1, -0.05) is 6.92 Å². The van der Waals surface area contributed by atoms with E-state index in [1.165, 1.54) is 0 Å². The third-order valence-corrected chi connectivity index (χ3v) is 2.64. The summed E-state index contributed by atoms with van der Waals surface area (Å²) < 4.78 is 5.43. The Bertz CT molecular complexity index is 254. The predicted molar refractivity (Wildman–Crippen MR) is 58.1 cm³/mol. The highest BCUT2D eigenvalue weighted by Gasteiger charge is 2.23. The molecular weight excluding hydrogens is 210 g/mol. The van der Waals surface area contributed by atoms with Crippen molar-refractivity contribution in [3.63, 3.8) is 0 Å². The van der Waals surface area contributed by atoms with Gasteiger partial charge in [0.05, 0.1) is 12.7 Å². The SMILES string of the molecule is CCCC(=O)N1CCOC(CCC(=O)O)C1. The number of carbonyl (C=O) groups is 2. The lowest BCUT2D eigenvalue weighted by molar-refractivity contribution is -0.141. The van der Waals surface area contributed by atoms with Gasteiger partial charge < -0.3 is 14.7 Å². The number of nitrogens with zero attached hydrogens (tertiary/aromatic N) is 1. The van der Waals surface area contributed by atoms with E-state index in [2.05, 4.69) is 0 Å². The van der Waals surface area contributed by atoms with Gasteiger partial charge in [0.25, 0.3) is 0 Å². The molecule has 0 bridgehead atoms. The summed E-state index contributed by atoms with van der Waals surface area (Å²) in [7, 11) is 0. The molecule has 0 saturated carbocycles. The Morgan fingerprint density at radius 3 is 2.81 bits per heavy atom. The summed E-state index contributed by atoms with van der Waals surface area (Å²) in [6.07, 6.45) is 1.86. The zero-order valence-electron chi connectivity index (χ0n) is 9.65. The molecule has 1 N–H and O–H groups in total. The maximum absolute atomic E-state index is 11.6. The van der Waals surface area contributed by atoms with Crippen molar-refractivity contribution in [1.29, 1.82) is 0 Å². The molecule has 16 heavy (non-hydrogen) atoms. The maximum atomic E-state index is 11.6. The smallest absolute Gasteiger partial charge is 0.303 e. The Balaban J connectivity index is 2.34. The first-order valence-electron chi connectivity index (χ1n) is 5.74. The minimum atomic E-state index is -0.819. The third kappa shape index (κ3) is 4.18. The molecule has 1 atom stereocenters. The van der Waals surface area contributed by atoms with Crippen LogP contribution >= 0.6 is 0 Å². The van der Waals surface area contributed by atoms with Crippen LogP contribution in [0.5, 0.6) is 0 Å². The number of carboxylic acid groups (broad SMARTS) is 1. The van der Waals surface area contributed by atoms with E-state index in [0.29, 0.717) is 32.5 Å². The summed E-state index contributed by atoms with van der Waals surface area (Å²) in [5, 5.41) is 8.57. The molecule has 1 saturated heterocycles. The molecule has 0 aliphatic carbocycles. The zero-order chi connectivity index (χ0) is 12.0. The molecule has 1 aliphatic rings. The number of carboxylic acids is 1. The van der Waals surface area contributed by atoms with Crippen LogP contribution in [0.2, 0.25) is 0 Å². The van der Waals surface area contributed by atoms with Crippen molar-refractivity contribution < 1.29 is 19.4 Å². The second-order valence-corrected chi connectivity index (χ2v) is 4.01. The lowest BCUT2D eigenvalue weighted by atomic mass is 10.1. The molecule has 1 amide bonds. The standard InChI is InChI=1S/C11H19NO4/c1-2-3-10(13)12-6-7-16-9(8-12)4-5-11(14)15/h9H,2-8H2,1H3,(H,14,15). The van der Waals surface area contributed by atoms with Gasteiger partial charge in [0.1, 0.15) is 0 Å². The molecule has 0 aromatic rings. The average molecular weight is 229 g/mol. The number of rotatable bonds is 5. The topological polar surface area (TPSA) is 66.8 Å². The van der Waals surface area contributed by atoms with E-state index in [1.54, 1.807) is 4.90 Å². The van der Waals surface area contributed by atoms with Crippen LogP contribution in [0.15, 0.2) is 0 Å². The second kappa shape index (κ2) is 6.48. The number of amides is 1. The van der Waals surface area contributed by atoms with Crippen molar-refractivity contribution in [3.8, 4) is 0 Å². The van der Waals surface area contributed by atoms with Gasteiger partial charge in [-0.2, -0.15) is 0 Å². The van der Waals surface area contributed by atoms with E-state index in [4.69, 9.17) is 9.84 Å². The van der Waals surface area contributed by atoms with Gasteiger partial charge in [0, 0.05) is 25.9 Å². The summed E-state index contributed by atoms with van der Waals surface area (Å²) in [6, 6.07) is 0. The quantitative estimate of drug-likeness (QED) is 0.760. The molecule has 0 spiro atoms. The summed E-state index contributed by atoms with van der Waals surface area (Å²) >= 11 is 0. The van der Waals surface area contributed by atoms with Crippen molar-refractivity contribution >= 4 is 11.9 Å². The van der Waals surface area contributed by atoms with Crippen molar-refractivity contribution in [2.45, 2.75) is 38.7 Å². The largest absolute Gasteiger partial charge is 0.481 e. The fourth-order valence-corrected chi connectivity index (χ4v) is 1.78. The summed E-state index contributed by atoms with van der Waals surface area (Å²) in [5.41, 5.74) is 0. The van der Waals surface area contributed by atoms with Crippen molar-refractivity contribution in [1.82, 2.24) is 4.90 Å². The Morgan fingerprint density at radius 2 is 2.19 bits per heavy atom. The highest BCUT2D eigenvalue weighted by atomic mass is 16.5. The Hall–Kier alpha value is -1.10. The van der Waals surface area contributed by atoms with Crippen LogP contribution in [0.4, 0.5) is 0 Å². The lowest BCUT2D eigenvalue weighted by Crippen LogP contribution is -2.45. The van der Waals surface area contributed by atoms with Gasteiger partial charge in [-0.3, -0.25) is 9.59 Å². The number of hydrogen-bond donors (Lipinski definition) is 1. The second-order valence-electron chi connectivity index (χ2n) is 4.01. The molecule has 1 unspecified atom stereocenters. The highest BCUT2D eigenvalue weighted by Crippen LogP contribution is 2.12. The number of carbonyl (C=O) groups excluding carboxylic acids is 1. The summed E-state index contributed by atoms with van der Waals surface area (Å²) in [4.78, 5) is 23.8. The molecule has 5 nitrogen and oxygen atoms in total. The van der Waals surface area contributed by atoms with E-state index in [1.807, 2.05) is 6.92 Å². The third-order valence-electron chi connectivity index (χ3n) is 2.64. The maximum Gasteiger partial charge on any atom is 0.303 e. The number of ether oxygens (including phenoxy) is 1. The number of aliphatic carboxylic acids is 1. The van der Waals surface area contributed by atoms with E-state index >= 15 is 0 Å². The first-order chi connectivity index (χ1) is 7.63. The van der Waals surface area contributed by atoms with Gasteiger partial charge in [-0.05, 0) is 12.8 Å². The Labute approximate surface area is 95.4 Å². The highest BCUT2D eigenvalue weighted by molar-refractivity contribution is 5.76. The van der Waals surface area contributed by atoms with Crippen LogP contribution in [0.1, 0.15) is 32.6 Å². The zero-order valence-corrected chi connectivity index (χ0v) is 9.65. The van der Waals surface area contributed by atoms with Crippen molar-refractivity contribution in [2.24, 2.45) is 0 Å². The van der Waals surface area contributed by atoms with E-state index in [-0.39, 0.29) is 18.4 Å². The molecule has 0 aromatic heterocycles. The van der Waals surface area contributed by atoms with E-state index in [9.17, 15) is 9.59 Å². The minimum Gasteiger partial charge on any atom is -0.481 e. The molecule has 1 rings (SSSR count). The molecule has 1 fully saturated rings.